The van der Waals surface area contributed by atoms with E-state index in [2.05, 4.69) is 4.98 Å². The van der Waals surface area contributed by atoms with Crippen LogP contribution in [0.25, 0.3) is 5.52 Å². The van der Waals surface area contributed by atoms with Gasteiger partial charge < -0.3 is 4.74 Å². The molecule has 0 radical (unpaired) electrons. The van der Waals surface area contributed by atoms with Crippen molar-refractivity contribution in [3.63, 3.8) is 0 Å². The Labute approximate surface area is 130 Å². The molecule has 0 saturated heterocycles. The molecule has 112 valence electrons. The molecule has 0 aliphatic carbocycles. The summed E-state index contributed by atoms with van der Waals surface area (Å²) in [7, 11) is 0. The Balaban J connectivity index is 1.59. The summed E-state index contributed by atoms with van der Waals surface area (Å²) in [4.78, 5) is 14.8. The standard InChI is InChI=1S/C15H13N3O3S/c19-18(20)13-6-1-2-7-14(13)21-9-10-22-15-16-11-12-5-3-4-8-17(12)15/h1-8,11H,9-10H2. The lowest BCUT2D eigenvalue weighted by molar-refractivity contribution is -0.385. The van der Waals surface area contributed by atoms with Crippen LogP contribution in [0.4, 0.5) is 5.69 Å². The van der Waals surface area contributed by atoms with Gasteiger partial charge in [0.1, 0.15) is 0 Å². The lowest BCUT2D eigenvalue weighted by atomic mass is 10.3. The number of hydrogen-bond donors (Lipinski definition) is 0. The van der Waals surface area contributed by atoms with E-state index in [0.29, 0.717) is 18.1 Å². The third-order valence-corrected chi connectivity index (χ3v) is 3.97. The number of benzene rings is 1. The number of pyridine rings is 1. The van der Waals surface area contributed by atoms with Crippen molar-refractivity contribution in [2.45, 2.75) is 5.16 Å². The number of aromatic nitrogens is 2. The maximum absolute atomic E-state index is 10.9. The monoisotopic (exact) mass is 315 g/mol. The van der Waals surface area contributed by atoms with Crippen molar-refractivity contribution in [1.82, 2.24) is 9.38 Å². The maximum Gasteiger partial charge on any atom is 0.310 e. The first-order valence-electron chi connectivity index (χ1n) is 6.67. The molecule has 2 heterocycles. The normalized spacial score (nSPS) is 10.7. The van der Waals surface area contributed by atoms with Crippen molar-refractivity contribution >= 4 is 23.0 Å². The van der Waals surface area contributed by atoms with Gasteiger partial charge in [0.25, 0.3) is 0 Å². The van der Waals surface area contributed by atoms with E-state index in [-0.39, 0.29) is 5.69 Å². The first-order chi connectivity index (χ1) is 10.8. The number of nitro groups is 1. The molecule has 0 bridgehead atoms. The maximum atomic E-state index is 10.9. The van der Waals surface area contributed by atoms with E-state index in [1.807, 2.05) is 35.0 Å². The third kappa shape index (κ3) is 3.04. The largest absolute Gasteiger partial charge is 0.486 e. The average molecular weight is 315 g/mol. The van der Waals surface area contributed by atoms with Gasteiger partial charge in [-0.25, -0.2) is 4.98 Å². The number of rotatable bonds is 6. The molecule has 0 unspecified atom stereocenters. The van der Waals surface area contributed by atoms with Gasteiger partial charge >= 0.3 is 5.69 Å². The van der Waals surface area contributed by atoms with E-state index in [4.69, 9.17) is 4.74 Å². The van der Waals surface area contributed by atoms with Crippen molar-refractivity contribution < 1.29 is 9.66 Å². The highest BCUT2D eigenvalue weighted by Gasteiger charge is 2.13. The number of para-hydroxylation sites is 2. The van der Waals surface area contributed by atoms with Gasteiger partial charge in [0.2, 0.25) is 0 Å². The van der Waals surface area contributed by atoms with Crippen LogP contribution in [0.15, 0.2) is 60.0 Å². The molecule has 0 spiro atoms. The van der Waals surface area contributed by atoms with Crippen LogP contribution in [0.1, 0.15) is 0 Å². The lowest BCUT2D eigenvalue weighted by Gasteiger charge is -2.06. The van der Waals surface area contributed by atoms with Crippen LogP contribution in [-0.4, -0.2) is 26.7 Å². The highest BCUT2D eigenvalue weighted by molar-refractivity contribution is 7.99. The number of fused-ring (bicyclic) bond motifs is 1. The molecule has 0 aliphatic heterocycles. The Kier molecular flexibility index (Phi) is 4.24. The Morgan fingerprint density at radius 1 is 1.23 bits per heavy atom. The molecule has 1 aromatic carbocycles. The fourth-order valence-electron chi connectivity index (χ4n) is 2.04. The van der Waals surface area contributed by atoms with E-state index in [1.54, 1.807) is 30.0 Å². The number of imidazole rings is 1. The molecule has 22 heavy (non-hydrogen) atoms. The SMILES string of the molecule is O=[N+]([O-])c1ccccc1OCCSc1ncc2ccccn12. The zero-order chi connectivity index (χ0) is 15.4. The summed E-state index contributed by atoms with van der Waals surface area (Å²) in [6.07, 6.45) is 3.76. The van der Waals surface area contributed by atoms with Crippen LogP contribution in [0.3, 0.4) is 0 Å². The number of nitrogens with zero attached hydrogens (tertiary/aromatic N) is 3. The van der Waals surface area contributed by atoms with Gasteiger partial charge in [-0.15, -0.1) is 0 Å². The Hall–Kier alpha value is -2.54. The van der Waals surface area contributed by atoms with Crippen LogP contribution in [0.5, 0.6) is 5.75 Å². The number of hydrogen-bond acceptors (Lipinski definition) is 5. The van der Waals surface area contributed by atoms with Crippen molar-refractivity contribution in [2.24, 2.45) is 0 Å². The lowest BCUT2D eigenvalue weighted by Crippen LogP contribution is -2.03. The van der Waals surface area contributed by atoms with E-state index in [0.717, 1.165) is 10.7 Å². The van der Waals surface area contributed by atoms with Gasteiger partial charge in [0.05, 0.1) is 23.2 Å². The van der Waals surface area contributed by atoms with Crippen LogP contribution in [0, 0.1) is 10.1 Å². The zero-order valence-corrected chi connectivity index (χ0v) is 12.4. The fourth-order valence-corrected chi connectivity index (χ4v) is 2.82. The summed E-state index contributed by atoms with van der Waals surface area (Å²) in [5, 5.41) is 11.8. The molecule has 0 aliphatic rings. The summed E-state index contributed by atoms with van der Waals surface area (Å²) in [5.41, 5.74) is 1.02. The van der Waals surface area contributed by atoms with Crippen LogP contribution < -0.4 is 4.74 Å². The van der Waals surface area contributed by atoms with Crippen molar-refractivity contribution in [1.29, 1.82) is 0 Å². The summed E-state index contributed by atoms with van der Waals surface area (Å²) in [5.74, 6) is 0.945. The van der Waals surface area contributed by atoms with Gasteiger partial charge in [-0.1, -0.05) is 30.0 Å². The zero-order valence-electron chi connectivity index (χ0n) is 11.6. The smallest absolute Gasteiger partial charge is 0.310 e. The van der Waals surface area contributed by atoms with Crippen molar-refractivity contribution in [2.75, 3.05) is 12.4 Å². The predicted octanol–water partition coefficient (Wildman–Crippen LogP) is 3.41. The highest BCUT2D eigenvalue weighted by atomic mass is 32.2. The highest BCUT2D eigenvalue weighted by Crippen LogP contribution is 2.26. The first-order valence-corrected chi connectivity index (χ1v) is 7.65. The second-order valence-electron chi connectivity index (χ2n) is 4.46. The molecule has 2 aromatic heterocycles. The molecular weight excluding hydrogens is 302 g/mol. The van der Waals surface area contributed by atoms with Crippen LogP contribution >= 0.6 is 11.8 Å². The molecule has 3 aromatic rings. The van der Waals surface area contributed by atoms with E-state index >= 15 is 0 Å². The molecular formula is C15H13N3O3S. The molecule has 3 rings (SSSR count). The molecule has 0 amide bonds. The van der Waals surface area contributed by atoms with Crippen molar-refractivity contribution in [3.05, 3.63) is 65.0 Å². The molecule has 6 nitrogen and oxygen atoms in total. The van der Waals surface area contributed by atoms with E-state index in [9.17, 15) is 10.1 Å². The predicted molar refractivity (Wildman–Crippen MR) is 84.5 cm³/mol. The molecule has 0 fully saturated rings. The Morgan fingerprint density at radius 2 is 2.05 bits per heavy atom. The fraction of sp³-hybridized carbons (Fsp3) is 0.133. The van der Waals surface area contributed by atoms with Gasteiger partial charge in [0.15, 0.2) is 10.9 Å². The van der Waals surface area contributed by atoms with E-state index < -0.39 is 4.92 Å². The minimum absolute atomic E-state index is 0.0150. The van der Waals surface area contributed by atoms with Crippen LogP contribution in [-0.2, 0) is 0 Å². The average Bonchev–Trinajstić information content (AvgIpc) is 2.95. The second-order valence-corrected chi connectivity index (χ2v) is 5.52. The van der Waals surface area contributed by atoms with Gasteiger partial charge in [0, 0.05) is 18.0 Å². The topological polar surface area (TPSA) is 69.7 Å². The quantitative estimate of drug-likeness (QED) is 0.302. The van der Waals surface area contributed by atoms with Gasteiger partial charge in [-0.05, 0) is 18.2 Å². The van der Waals surface area contributed by atoms with Gasteiger partial charge in [-0.3, -0.25) is 14.5 Å². The van der Waals surface area contributed by atoms with Gasteiger partial charge in [-0.2, -0.15) is 0 Å². The number of nitro benzene ring substituents is 1. The van der Waals surface area contributed by atoms with Crippen molar-refractivity contribution in [3.8, 4) is 5.75 Å². The summed E-state index contributed by atoms with van der Waals surface area (Å²) >= 11 is 1.55. The first kappa shape index (κ1) is 14.4. The molecule has 7 heteroatoms. The second kappa shape index (κ2) is 6.48. The minimum atomic E-state index is -0.440. The van der Waals surface area contributed by atoms with Crippen LogP contribution in [0.2, 0.25) is 0 Å². The Morgan fingerprint density at radius 3 is 2.91 bits per heavy atom. The molecule has 0 atom stereocenters. The minimum Gasteiger partial charge on any atom is -0.486 e. The Bertz CT molecular complexity index is 803. The summed E-state index contributed by atoms with van der Waals surface area (Å²) in [6.45, 7) is 0.372. The number of thioether (sulfide) groups is 1. The van der Waals surface area contributed by atoms with E-state index in [1.165, 1.54) is 6.07 Å². The molecule has 0 saturated carbocycles. The third-order valence-electron chi connectivity index (χ3n) is 3.04. The summed E-state index contributed by atoms with van der Waals surface area (Å²) in [6, 6.07) is 12.3. The number of ether oxygens (including phenoxy) is 1. The summed E-state index contributed by atoms with van der Waals surface area (Å²) < 4.78 is 7.50. The molecule has 0 N–H and O–H groups in total.